The third-order valence-electron chi connectivity index (χ3n) is 6.48. The number of hydrogen-bond donors (Lipinski definition) is 2. The summed E-state index contributed by atoms with van der Waals surface area (Å²) in [7, 11) is -2.29. The standard InChI is InChI=1S/C29H22F5N3O4S/c1-37-15-23(21-10-11-35-28(38)27(21)37)22-12-18(4-8-25(22)41-26-9-7-20(30)13-24(26)31)14-36-42(39,40)16-17-2-5-19(6-3-17)29(32,33)34/h2-13,15,36H,14,16H2,1H3,(H,35,38). The first-order chi connectivity index (χ1) is 19.8. The van der Waals surface area contributed by atoms with Gasteiger partial charge in [-0.2, -0.15) is 13.2 Å². The van der Waals surface area contributed by atoms with E-state index in [2.05, 4.69) is 9.71 Å². The number of aromatic amines is 1. The largest absolute Gasteiger partial charge is 0.454 e. The van der Waals surface area contributed by atoms with Gasteiger partial charge in [-0.15, -0.1) is 0 Å². The first-order valence-electron chi connectivity index (χ1n) is 12.4. The summed E-state index contributed by atoms with van der Waals surface area (Å²) in [6.45, 7) is -0.188. The van der Waals surface area contributed by atoms with E-state index in [0.717, 1.165) is 36.4 Å². The van der Waals surface area contributed by atoms with E-state index in [0.29, 0.717) is 33.7 Å². The third kappa shape index (κ3) is 6.21. The van der Waals surface area contributed by atoms with E-state index in [1.54, 1.807) is 36.0 Å². The van der Waals surface area contributed by atoms with Gasteiger partial charge in [0, 0.05) is 48.6 Å². The van der Waals surface area contributed by atoms with Crippen molar-refractivity contribution >= 4 is 20.9 Å². The van der Waals surface area contributed by atoms with Gasteiger partial charge in [0.15, 0.2) is 11.6 Å². The Balaban J connectivity index is 1.46. The van der Waals surface area contributed by atoms with Crippen LogP contribution in [0.4, 0.5) is 22.0 Å². The number of aryl methyl sites for hydroxylation is 1. The molecule has 0 radical (unpaired) electrons. The molecule has 5 aromatic rings. The second kappa shape index (κ2) is 11.1. The molecular weight excluding hydrogens is 581 g/mol. The number of sulfonamides is 1. The lowest BCUT2D eigenvalue weighted by atomic mass is 10.0. The van der Waals surface area contributed by atoms with Crippen molar-refractivity contribution in [3.8, 4) is 22.6 Å². The third-order valence-corrected chi connectivity index (χ3v) is 7.78. The molecule has 2 N–H and O–H groups in total. The lowest BCUT2D eigenvalue weighted by Crippen LogP contribution is -2.24. The van der Waals surface area contributed by atoms with E-state index >= 15 is 0 Å². The average molecular weight is 604 g/mol. The number of rotatable bonds is 8. The van der Waals surface area contributed by atoms with Crippen molar-refractivity contribution in [2.24, 2.45) is 7.05 Å². The molecule has 0 saturated carbocycles. The van der Waals surface area contributed by atoms with Crippen molar-refractivity contribution in [1.82, 2.24) is 14.3 Å². The second-order valence-electron chi connectivity index (χ2n) is 9.50. The smallest absolute Gasteiger partial charge is 0.416 e. The number of alkyl halides is 3. The van der Waals surface area contributed by atoms with Gasteiger partial charge in [-0.1, -0.05) is 18.2 Å². The van der Waals surface area contributed by atoms with Gasteiger partial charge in [0.1, 0.15) is 17.1 Å². The normalized spacial score (nSPS) is 12.1. The molecule has 0 aliphatic rings. The number of halogens is 5. The molecule has 42 heavy (non-hydrogen) atoms. The van der Waals surface area contributed by atoms with Crippen molar-refractivity contribution in [2.45, 2.75) is 18.5 Å². The van der Waals surface area contributed by atoms with Crippen LogP contribution >= 0.6 is 0 Å². The van der Waals surface area contributed by atoms with E-state index in [-0.39, 0.29) is 29.2 Å². The number of nitrogens with zero attached hydrogens (tertiary/aromatic N) is 1. The maximum atomic E-state index is 14.4. The van der Waals surface area contributed by atoms with Gasteiger partial charge in [-0.25, -0.2) is 21.9 Å². The molecule has 2 aromatic heterocycles. The van der Waals surface area contributed by atoms with Crippen LogP contribution in [0, 0.1) is 11.6 Å². The van der Waals surface area contributed by atoms with E-state index in [1.165, 1.54) is 12.3 Å². The fourth-order valence-electron chi connectivity index (χ4n) is 4.50. The van der Waals surface area contributed by atoms with E-state index in [4.69, 9.17) is 4.74 Å². The Kier molecular flexibility index (Phi) is 7.64. The zero-order valence-electron chi connectivity index (χ0n) is 21.8. The Bertz CT molecular complexity index is 1950. The average Bonchev–Trinajstić information content (AvgIpc) is 3.26. The molecule has 0 aliphatic carbocycles. The summed E-state index contributed by atoms with van der Waals surface area (Å²) in [6.07, 6.45) is -1.40. The number of ether oxygens (including phenoxy) is 1. The number of pyridine rings is 1. The van der Waals surface area contributed by atoms with E-state index in [1.807, 2.05) is 0 Å². The fraction of sp³-hybridized carbons (Fsp3) is 0.138. The lowest BCUT2D eigenvalue weighted by Gasteiger charge is -2.14. The Morgan fingerprint density at radius 3 is 2.29 bits per heavy atom. The summed E-state index contributed by atoms with van der Waals surface area (Å²) in [5, 5.41) is 0.547. The highest BCUT2D eigenvalue weighted by Gasteiger charge is 2.30. The van der Waals surface area contributed by atoms with Crippen LogP contribution in [-0.2, 0) is 35.5 Å². The van der Waals surface area contributed by atoms with Crippen molar-refractivity contribution in [3.05, 3.63) is 118 Å². The summed E-state index contributed by atoms with van der Waals surface area (Å²) < 4.78 is 102. The molecule has 0 unspecified atom stereocenters. The highest BCUT2D eigenvalue weighted by Crippen LogP contribution is 2.39. The minimum atomic E-state index is -4.54. The first kappa shape index (κ1) is 29.0. The monoisotopic (exact) mass is 603 g/mol. The van der Waals surface area contributed by atoms with Crippen molar-refractivity contribution in [2.75, 3.05) is 0 Å². The molecule has 7 nitrogen and oxygen atoms in total. The highest BCUT2D eigenvalue weighted by molar-refractivity contribution is 7.88. The Labute approximate surface area is 236 Å². The summed E-state index contributed by atoms with van der Waals surface area (Å²) in [5.74, 6) is -2.36. The minimum Gasteiger partial charge on any atom is -0.454 e. The number of fused-ring (bicyclic) bond motifs is 1. The van der Waals surface area contributed by atoms with Crippen molar-refractivity contribution < 1.29 is 35.1 Å². The van der Waals surface area contributed by atoms with Gasteiger partial charge in [0.05, 0.1) is 11.3 Å². The fourth-order valence-corrected chi connectivity index (χ4v) is 5.62. The van der Waals surface area contributed by atoms with Gasteiger partial charge >= 0.3 is 6.18 Å². The minimum absolute atomic E-state index is 0.157. The summed E-state index contributed by atoms with van der Waals surface area (Å²) in [5.41, 5.74) is 0.689. The molecular formula is C29H22F5N3O4S. The zero-order chi connectivity index (χ0) is 30.2. The quantitative estimate of drug-likeness (QED) is 0.205. The van der Waals surface area contributed by atoms with E-state index in [9.17, 15) is 35.2 Å². The SMILES string of the molecule is Cn1cc(-c2cc(CNS(=O)(=O)Cc3ccc(C(F)(F)F)cc3)ccc2Oc2ccc(F)cc2F)c2cc[nH]c(=O)c21. The maximum Gasteiger partial charge on any atom is 0.416 e. The number of nitrogens with one attached hydrogen (secondary N) is 2. The number of benzene rings is 3. The molecule has 0 saturated heterocycles. The van der Waals surface area contributed by atoms with Gasteiger partial charge in [0.25, 0.3) is 5.56 Å². The van der Waals surface area contributed by atoms with Crippen molar-refractivity contribution in [3.63, 3.8) is 0 Å². The lowest BCUT2D eigenvalue weighted by molar-refractivity contribution is -0.137. The van der Waals surface area contributed by atoms with Crippen LogP contribution in [0.15, 0.2) is 83.9 Å². The van der Waals surface area contributed by atoms with E-state index < -0.39 is 39.2 Å². The molecule has 0 fully saturated rings. The van der Waals surface area contributed by atoms with Crippen LogP contribution in [-0.4, -0.2) is 18.0 Å². The predicted molar refractivity (Wildman–Crippen MR) is 146 cm³/mol. The van der Waals surface area contributed by atoms with Crippen LogP contribution in [0.3, 0.4) is 0 Å². The second-order valence-corrected chi connectivity index (χ2v) is 11.3. The van der Waals surface area contributed by atoms with Crippen LogP contribution in [0.2, 0.25) is 0 Å². The topological polar surface area (TPSA) is 93.2 Å². The van der Waals surface area contributed by atoms with Gasteiger partial charge in [0.2, 0.25) is 10.0 Å². The van der Waals surface area contributed by atoms with Crippen molar-refractivity contribution in [1.29, 1.82) is 0 Å². The maximum absolute atomic E-state index is 14.4. The van der Waals surface area contributed by atoms with Crippen LogP contribution in [0.5, 0.6) is 11.5 Å². The summed E-state index contributed by atoms with van der Waals surface area (Å²) >= 11 is 0. The van der Waals surface area contributed by atoms with Crippen LogP contribution in [0.1, 0.15) is 16.7 Å². The first-order valence-corrected chi connectivity index (χ1v) is 14.0. The molecule has 2 heterocycles. The number of H-pyrrole nitrogens is 1. The Morgan fingerprint density at radius 1 is 0.905 bits per heavy atom. The molecule has 0 aliphatic heterocycles. The molecule has 5 rings (SSSR count). The number of hydrogen-bond acceptors (Lipinski definition) is 4. The molecule has 0 atom stereocenters. The van der Waals surface area contributed by atoms with Gasteiger partial charge < -0.3 is 14.3 Å². The Morgan fingerprint density at radius 2 is 1.60 bits per heavy atom. The molecule has 0 spiro atoms. The molecule has 13 heteroatoms. The molecule has 218 valence electrons. The van der Waals surface area contributed by atoms with Gasteiger partial charge in [-0.3, -0.25) is 4.79 Å². The zero-order valence-corrected chi connectivity index (χ0v) is 22.6. The molecule has 0 bridgehead atoms. The predicted octanol–water partition coefficient (Wildman–Crippen LogP) is 6.24. The van der Waals surface area contributed by atoms with Gasteiger partial charge in [-0.05, 0) is 53.6 Å². The molecule has 0 amide bonds. The Hall–Kier alpha value is -4.49. The van der Waals surface area contributed by atoms with Crippen LogP contribution in [0.25, 0.3) is 22.0 Å². The number of aromatic nitrogens is 2. The van der Waals surface area contributed by atoms with Crippen LogP contribution < -0.4 is 15.0 Å². The highest BCUT2D eigenvalue weighted by atomic mass is 32.2. The summed E-state index contributed by atoms with van der Waals surface area (Å²) in [4.78, 5) is 15.1. The summed E-state index contributed by atoms with van der Waals surface area (Å²) in [6, 6.07) is 13.0. The molecule has 3 aromatic carbocycles.